The van der Waals surface area contributed by atoms with Crippen LogP contribution in [0.4, 0.5) is 4.79 Å². The molecule has 2 rings (SSSR count). The van der Waals surface area contributed by atoms with Crippen LogP contribution in [0.3, 0.4) is 0 Å². The smallest absolute Gasteiger partial charge is 0.282 e. The van der Waals surface area contributed by atoms with Crippen molar-refractivity contribution in [2.24, 2.45) is 0 Å². The van der Waals surface area contributed by atoms with Crippen molar-refractivity contribution in [1.82, 2.24) is 10.3 Å². The molecule has 1 N–H and O–H groups in total. The molecule has 1 aliphatic rings. The third-order valence-electron chi connectivity index (χ3n) is 1.61. The Kier molecular flexibility index (Phi) is 2.32. The average molecular weight is 206 g/mol. The second kappa shape index (κ2) is 3.63. The van der Waals surface area contributed by atoms with E-state index in [1.54, 1.807) is 24.4 Å². The lowest BCUT2D eigenvalue weighted by Crippen LogP contribution is -2.17. The second-order valence-electron chi connectivity index (χ2n) is 2.61. The molecule has 1 aromatic rings. The summed E-state index contributed by atoms with van der Waals surface area (Å²) in [6.45, 7) is 0. The highest BCUT2D eigenvalue weighted by Crippen LogP contribution is 2.24. The molecule has 2 amide bonds. The Morgan fingerprint density at radius 2 is 2.21 bits per heavy atom. The Labute approximate surface area is 84.4 Å². The van der Waals surface area contributed by atoms with E-state index in [9.17, 15) is 9.59 Å². The number of pyridine rings is 1. The van der Waals surface area contributed by atoms with Gasteiger partial charge in [0.2, 0.25) is 0 Å². The SMILES string of the molecule is O=C1NC(=O)C(=Cc2ccccn2)S1. The van der Waals surface area contributed by atoms with Crippen molar-refractivity contribution in [2.45, 2.75) is 0 Å². The highest BCUT2D eigenvalue weighted by Gasteiger charge is 2.24. The number of hydrogen-bond acceptors (Lipinski definition) is 4. The van der Waals surface area contributed by atoms with Crippen LogP contribution in [0.15, 0.2) is 29.3 Å². The zero-order valence-electron chi connectivity index (χ0n) is 7.06. The van der Waals surface area contributed by atoms with Gasteiger partial charge in [-0.3, -0.25) is 19.9 Å². The summed E-state index contributed by atoms with van der Waals surface area (Å²) in [6.07, 6.45) is 3.22. The van der Waals surface area contributed by atoms with Crippen molar-refractivity contribution in [1.29, 1.82) is 0 Å². The Bertz CT molecular complexity index is 414. The summed E-state index contributed by atoms with van der Waals surface area (Å²) in [4.78, 5) is 26.4. The number of nitrogens with one attached hydrogen (secondary N) is 1. The van der Waals surface area contributed by atoms with Crippen LogP contribution >= 0.6 is 11.8 Å². The summed E-state index contributed by atoms with van der Waals surface area (Å²) >= 11 is 0.890. The molecule has 1 fully saturated rings. The van der Waals surface area contributed by atoms with E-state index in [2.05, 4.69) is 10.3 Å². The van der Waals surface area contributed by atoms with Gasteiger partial charge >= 0.3 is 0 Å². The summed E-state index contributed by atoms with van der Waals surface area (Å²) in [5, 5.41) is 1.84. The predicted molar refractivity (Wildman–Crippen MR) is 53.3 cm³/mol. The average Bonchev–Trinajstić information content (AvgIpc) is 2.47. The largest absolute Gasteiger partial charge is 0.290 e. The van der Waals surface area contributed by atoms with Crippen molar-refractivity contribution in [3.63, 3.8) is 0 Å². The molecule has 1 aromatic heterocycles. The van der Waals surface area contributed by atoms with E-state index in [1.807, 2.05) is 6.07 Å². The van der Waals surface area contributed by atoms with Gasteiger partial charge in [-0.2, -0.15) is 0 Å². The first-order chi connectivity index (χ1) is 6.75. The van der Waals surface area contributed by atoms with Crippen LogP contribution < -0.4 is 5.32 Å². The summed E-state index contributed by atoms with van der Waals surface area (Å²) in [5.74, 6) is -0.356. The number of nitrogens with zero attached hydrogens (tertiary/aromatic N) is 1. The molecule has 70 valence electrons. The third kappa shape index (κ3) is 1.82. The number of rotatable bonds is 1. The molecule has 0 atom stereocenters. The standard InChI is InChI=1S/C9H6N2O2S/c12-8-7(14-9(13)11-8)5-6-3-1-2-4-10-6/h1-5H,(H,11,12,13). The van der Waals surface area contributed by atoms with Gasteiger partial charge in [0.05, 0.1) is 10.6 Å². The lowest BCUT2D eigenvalue weighted by Gasteiger charge is -1.91. The third-order valence-corrected chi connectivity index (χ3v) is 2.42. The molecule has 5 heteroatoms. The van der Waals surface area contributed by atoms with Gasteiger partial charge in [-0.25, -0.2) is 0 Å². The summed E-state index contributed by atoms with van der Waals surface area (Å²) < 4.78 is 0. The van der Waals surface area contributed by atoms with Crippen molar-refractivity contribution in [2.75, 3.05) is 0 Å². The topological polar surface area (TPSA) is 59.1 Å². The molecule has 0 aromatic carbocycles. The van der Waals surface area contributed by atoms with E-state index in [0.717, 1.165) is 11.8 Å². The normalized spacial score (nSPS) is 18.7. The molecule has 2 heterocycles. The van der Waals surface area contributed by atoms with Gasteiger partial charge in [-0.15, -0.1) is 0 Å². The van der Waals surface area contributed by atoms with Crippen LogP contribution in [0.25, 0.3) is 6.08 Å². The first-order valence-corrected chi connectivity index (χ1v) is 4.73. The monoisotopic (exact) mass is 206 g/mol. The molecule has 0 spiro atoms. The van der Waals surface area contributed by atoms with Crippen molar-refractivity contribution < 1.29 is 9.59 Å². The highest BCUT2D eigenvalue weighted by atomic mass is 32.2. The van der Waals surface area contributed by atoms with Crippen LogP contribution in [0.2, 0.25) is 0 Å². The van der Waals surface area contributed by atoms with Crippen molar-refractivity contribution in [3.05, 3.63) is 35.0 Å². The molecule has 0 saturated carbocycles. The van der Waals surface area contributed by atoms with Crippen LogP contribution in [0.5, 0.6) is 0 Å². The van der Waals surface area contributed by atoms with Gasteiger partial charge in [0.15, 0.2) is 0 Å². The molecule has 1 aliphatic heterocycles. The number of thioether (sulfide) groups is 1. The number of aromatic nitrogens is 1. The molecule has 14 heavy (non-hydrogen) atoms. The van der Waals surface area contributed by atoms with Crippen LogP contribution in [-0.4, -0.2) is 16.1 Å². The minimum atomic E-state index is -0.356. The Morgan fingerprint density at radius 1 is 1.36 bits per heavy atom. The van der Waals surface area contributed by atoms with E-state index >= 15 is 0 Å². The van der Waals surface area contributed by atoms with Crippen LogP contribution in [-0.2, 0) is 4.79 Å². The zero-order chi connectivity index (χ0) is 9.97. The minimum absolute atomic E-state index is 0.336. The maximum atomic E-state index is 11.1. The van der Waals surface area contributed by atoms with Crippen molar-refractivity contribution in [3.8, 4) is 0 Å². The fraction of sp³-hybridized carbons (Fsp3) is 0. The Balaban J connectivity index is 2.28. The van der Waals surface area contributed by atoms with Crippen molar-refractivity contribution >= 4 is 29.0 Å². The lowest BCUT2D eigenvalue weighted by molar-refractivity contribution is -0.115. The molecule has 1 saturated heterocycles. The van der Waals surface area contributed by atoms with Gasteiger partial charge in [-0.05, 0) is 30.0 Å². The van der Waals surface area contributed by atoms with Gasteiger partial charge < -0.3 is 0 Å². The van der Waals surface area contributed by atoms with E-state index in [0.29, 0.717) is 10.6 Å². The summed E-state index contributed by atoms with van der Waals surface area (Å²) in [6, 6.07) is 5.37. The number of hydrogen-bond donors (Lipinski definition) is 1. The van der Waals surface area contributed by atoms with Crippen LogP contribution in [0, 0.1) is 0 Å². The fourth-order valence-corrected chi connectivity index (χ4v) is 1.68. The predicted octanol–water partition coefficient (Wildman–Crippen LogP) is 1.41. The number of amides is 2. The molecule has 0 aliphatic carbocycles. The second-order valence-corrected chi connectivity index (χ2v) is 3.62. The minimum Gasteiger partial charge on any atom is -0.282 e. The van der Waals surface area contributed by atoms with E-state index < -0.39 is 0 Å². The maximum Gasteiger partial charge on any atom is 0.290 e. The van der Waals surface area contributed by atoms with Gasteiger partial charge in [0, 0.05) is 6.20 Å². The van der Waals surface area contributed by atoms with E-state index in [4.69, 9.17) is 0 Å². The fourth-order valence-electron chi connectivity index (χ4n) is 1.02. The lowest BCUT2D eigenvalue weighted by atomic mass is 10.3. The quantitative estimate of drug-likeness (QED) is 0.706. The molecule has 4 nitrogen and oxygen atoms in total. The molecule has 0 unspecified atom stereocenters. The molecule has 0 bridgehead atoms. The summed E-state index contributed by atoms with van der Waals surface area (Å²) in [7, 11) is 0. The van der Waals surface area contributed by atoms with E-state index in [-0.39, 0.29) is 11.1 Å². The van der Waals surface area contributed by atoms with Gasteiger partial charge in [0.1, 0.15) is 0 Å². The van der Waals surface area contributed by atoms with Gasteiger partial charge in [0.25, 0.3) is 11.1 Å². The number of imide groups is 1. The summed E-state index contributed by atoms with van der Waals surface area (Å²) in [5.41, 5.74) is 0.667. The highest BCUT2D eigenvalue weighted by molar-refractivity contribution is 8.18. The number of carbonyl (C=O) groups is 2. The molecule has 0 radical (unpaired) electrons. The molecular formula is C9H6N2O2S. The number of carbonyl (C=O) groups excluding carboxylic acids is 2. The first kappa shape index (κ1) is 8.96. The Morgan fingerprint density at radius 3 is 2.79 bits per heavy atom. The Hall–Kier alpha value is -1.62. The van der Waals surface area contributed by atoms with Crippen LogP contribution in [0.1, 0.15) is 5.69 Å². The zero-order valence-corrected chi connectivity index (χ0v) is 7.88. The maximum absolute atomic E-state index is 11.1. The van der Waals surface area contributed by atoms with Gasteiger partial charge in [-0.1, -0.05) is 6.07 Å². The first-order valence-electron chi connectivity index (χ1n) is 3.91. The van der Waals surface area contributed by atoms with E-state index in [1.165, 1.54) is 0 Å². The molecular weight excluding hydrogens is 200 g/mol.